The number of rotatable bonds is 8. The van der Waals surface area contributed by atoms with Crippen LogP contribution in [0.25, 0.3) is 10.9 Å². The molecule has 2 aromatic rings. The predicted octanol–water partition coefficient (Wildman–Crippen LogP) is 2.35. The van der Waals surface area contributed by atoms with Crippen LogP contribution in [0.5, 0.6) is 5.75 Å². The van der Waals surface area contributed by atoms with Gasteiger partial charge in [-0.05, 0) is 52.3 Å². The molecule has 0 aliphatic heterocycles. The molecule has 0 aliphatic carbocycles. The lowest BCUT2D eigenvalue weighted by atomic mass is 10.1. The van der Waals surface area contributed by atoms with Crippen molar-refractivity contribution in [1.82, 2.24) is 15.7 Å². The molecular formula is C20H30N4O3. The van der Waals surface area contributed by atoms with Gasteiger partial charge >= 0.3 is 0 Å². The number of aromatic nitrogens is 1. The van der Waals surface area contributed by atoms with Crippen LogP contribution >= 0.6 is 0 Å². The number of H-pyrrole nitrogens is 1. The predicted molar refractivity (Wildman–Crippen MR) is 108 cm³/mol. The van der Waals surface area contributed by atoms with E-state index in [0.29, 0.717) is 12.3 Å². The van der Waals surface area contributed by atoms with Crippen LogP contribution in [0, 0.1) is 0 Å². The second-order valence-electron chi connectivity index (χ2n) is 7.86. The van der Waals surface area contributed by atoms with Gasteiger partial charge in [0.1, 0.15) is 18.5 Å². The van der Waals surface area contributed by atoms with Crippen molar-refractivity contribution in [2.45, 2.75) is 52.7 Å². The Bertz CT molecular complexity index is 801. The number of aliphatic hydroxyl groups excluding tert-OH is 1. The maximum Gasteiger partial charge on any atom is 0.244 e. The molecule has 0 unspecified atom stereocenters. The number of carbonyl (C=O) groups excluding carboxylic acids is 1. The summed E-state index contributed by atoms with van der Waals surface area (Å²) in [6, 6.07) is 5.65. The number of benzene rings is 1. The summed E-state index contributed by atoms with van der Waals surface area (Å²) in [4.78, 5) is 15.3. The topological polar surface area (TPSA) is 98.7 Å². The zero-order valence-corrected chi connectivity index (χ0v) is 16.7. The molecule has 7 heteroatoms. The third-order valence-electron chi connectivity index (χ3n) is 3.80. The van der Waals surface area contributed by atoms with E-state index in [0.717, 1.165) is 22.2 Å². The van der Waals surface area contributed by atoms with Crippen molar-refractivity contribution in [3.05, 3.63) is 30.0 Å². The van der Waals surface area contributed by atoms with Gasteiger partial charge in [0.05, 0.1) is 6.42 Å². The number of aliphatic hydroxyl groups is 1. The highest BCUT2D eigenvalue weighted by atomic mass is 16.5. The van der Waals surface area contributed by atoms with Gasteiger partial charge in [0.2, 0.25) is 5.91 Å². The van der Waals surface area contributed by atoms with Crippen molar-refractivity contribution in [2.75, 3.05) is 13.2 Å². The Labute approximate surface area is 160 Å². The third kappa shape index (κ3) is 6.69. The molecule has 0 bridgehead atoms. The molecule has 1 aromatic carbocycles. The number of fused-ring (bicyclic) bond motifs is 1. The van der Waals surface area contributed by atoms with Crippen LogP contribution in [0.1, 0.15) is 40.2 Å². The van der Waals surface area contributed by atoms with E-state index in [1.165, 1.54) is 0 Å². The number of hydrogen-bond donors (Lipinski definition) is 4. The van der Waals surface area contributed by atoms with E-state index in [2.05, 4.69) is 20.8 Å². The Morgan fingerprint density at radius 3 is 2.74 bits per heavy atom. The second-order valence-corrected chi connectivity index (χ2v) is 7.86. The van der Waals surface area contributed by atoms with Gasteiger partial charge in [0.15, 0.2) is 0 Å². The fourth-order valence-corrected chi connectivity index (χ4v) is 2.53. The van der Waals surface area contributed by atoms with Gasteiger partial charge < -0.3 is 20.1 Å². The summed E-state index contributed by atoms with van der Waals surface area (Å²) in [5.41, 5.74) is 4.95. The van der Waals surface area contributed by atoms with Crippen LogP contribution in [-0.4, -0.2) is 46.5 Å². The van der Waals surface area contributed by atoms with E-state index in [1.807, 2.05) is 52.8 Å². The average molecular weight is 374 g/mol. The van der Waals surface area contributed by atoms with Crippen LogP contribution in [0.2, 0.25) is 0 Å². The molecule has 1 atom stereocenters. The highest BCUT2D eigenvalue weighted by Gasteiger charge is 2.16. The standard InChI is InChI=1S/C20H30N4O3/c1-13(2)23-24-18(26)9-14-10-21-16-7-6-8-17(19(14)16)27-12-15(25)11-22-20(3,4)5/h6-8,10,15,21-22,25H,9,11-12H2,1-5H3,(H,24,26)/t15-/m1/s1. The molecule has 27 heavy (non-hydrogen) atoms. The van der Waals surface area contributed by atoms with Crippen molar-refractivity contribution >= 4 is 22.5 Å². The quantitative estimate of drug-likeness (QED) is 0.421. The van der Waals surface area contributed by atoms with Gasteiger partial charge in [0.25, 0.3) is 0 Å². The second kappa shape index (κ2) is 9.01. The van der Waals surface area contributed by atoms with Crippen molar-refractivity contribution in [2.24, 2.45) is 5.10 Å². The third-order valence-corrected chi connectivity index (χ3v) is 3.80. The van der Waals surface area contributed by atoms with Crippen molar-refractivity contribution in [3.63, 3.8) is 0 Å². The zero-order valence-electron chi connectivity index (χ0n) is 16.7. The van der Waals surface area contributed by atoms with Gasteiger partial charge in [-0.3, -0.25) is 4.79 Å². The number of amides is 1. The molecule has 0 saturated carbocycles. The molecule has 7 nitrogen and oxygen atoms in total. The van der Waals surface area contributed by atoms with E-state index >= 15 is 0 Å². The number of nitrogens with zero attached hydrogens (tertiary/aromatic N) is 1. The van der Waals surface area contributed by atoms with Crippen molar-refractivity contribution in [3.8, 4) is 5.75 Å². The molecule has 1 aromatic heterocycles. The van der Waals surface area contributed by atoms with Crippen molar-refractivity contribution in [1.29, 1.82) is 0 Å². The molecule has 0 spiro atoms. The number of ether oxygens (including phenoxy) is 1. The summed E-state index contributed by atoms with van der Waals surface area (Å²) in [6.07, 6.45) is 1.36. The fourth-order valence-electron chi connectivity index (χ4n) is 2.53. The van der Waals surface area contributed by atoms with E-state index in [9.17, 15) is 9.90 Å². The van der Waals surface area contributed by atoms with Gasteiger partial charge in [-0.25, -0.2) is 5.43 Å². The number of hydrazone groups is 1. The Balaban J connectivity index is 2.07. The number of carbonyl (C=O) groups is 1. The number of aromatic amines is 1. The SMILES string of the molecule is CC(C)=NNC(=O)Cc1c[nH]c2cccc(OC[C@H](O)CNC(C)(C)C)c12. The average Bonchev–Trinajstić information content (AvgIpc) is 2.99. The van der Waals surface area contributed by atoms with Crippen molar-refractivity contribution < 1.29 is 14.6 Å². The summed E-state index contributed by atoms with van der Waals surface area (Å²) in [6.45, 7) is 10.4. The first-order valence-electron chi connectivity index (χ1n) is 9.10. The number of β-amino-alcohol motifs (C(OH)–C–C–N with tert-alkyl or cyclic N) is 1. The van der Waals surface area contributed by atoms with Gasteiger partial charge in [-0.15, -0.1) is 0 Å². The molecule has 148 valence electrons. The molecule has 4 N–H and O–H groups in total. The highest BCUT2D eigenvalue weighted by Crippen LogP contribution is 2.29. The van der Waals surface area contributed by atoms with Crippen LogP contribution in [-0.2, 0) is 11.2 Å². The largest absolute Gasteiger partial charge is 0.490 e. The number of hydrogen-bond acceptors (Lipinski definition) is 5. The normalized spacial score (nSPS) is 12.7. The van der Waals surface area contributed by atoms with E-state index in [-0.39, 0.29) is 24.5 Å². The Morgan fingerprint density at radius 1 is 1.33 bits per heavy atom. The van der Waals surface area contributed by atoms with Crippen LogP contribution in [0.3, 0.4) is 0 Å². The highest BCUT2D eigenvalue weighted by molar-refractivity contribution is 5.93. The minimum absolute atomic E-state index is 0.0680. The minimum Gasteiger partial charge on any atom is -0.490 e. The van der Waals surface area contributed by atoms with Crippen LogP contribution in [0.15, 0.2) is 29.5 Å². The Hall–Kier alpha value is -2.38. The van der Waals surface area contributed by atoms with E-state index in [4.69, 9.17) is 4.74 Å². The van der Waals surface area contributed by atoms with Gasteiger partial charge in [-0.2, -0.15) is 5.10 Å². The van der Waals surface area contributed by atoms with Gasteiger partial charge in [-0.1, -0.05) is 6.07 Å². The zero-order chi connectivity index (χ0) is 20.0. The van der Waals surface area contributed by atoms with E-state index in [1.54, 1.807) is 6.20 Å². The first kappa shape index (κ1) is 20.9. The molecule has 0 radical (unpaired) electrons. The number of nitrogens with one attached hydrogen (secondary N) is 3. The Kier molecular flexibility index (Phi) is 6.98. The summed E-state index contributed by atoms with van der Waals surface area (Å²) >= 11 is 0. The molecule has 0 saturated heterocycles. The van der Waals surface area contributed by atoms with E-state index < -0.39 is 6.10 Å². The summed E-state index contributed by atoms with van der Waals surface area (Å²) in [5, 5.41) is 18.2. The molecular weight excluding hydrogens is 344 g/mol. The minimum atomic E-state index is -0.632. The summed E-state index contributed by atoms with van der Waals surface area (Å²) in [5.74, 6) is 0.447. The first-order chi connectivity index (χ1) is 12.7. The summed E-state index contributed by atoms with van der Waals surface area (Å²) in [7, 11) is 0. The Morgan fingerprint density at radius 2 is 2.07 bits per heavy atom. The first-order valence-corrected chi connectivity index (χ1v) is 9.10. The maximum absolute atomic E-state index is 12.1. The molecule has 1 heterocycles. The molecule has 0 fully saturated rings. The lowest BCUT2D eigenvalue weighted by Crippen LogP contribution is -2.42. The fraction of sp³-hybridized carbons (Fsp3) is 0.500. The molecule has 2 rings (SSSR count). The lowest BCUT2D eigenvalue weighted by molar-refractivity contribution is -0.120. The molecule has 1 amide bonds. The summed E-state index contributed by atoms with van der Waals surface area (Å²) < 4.78 is 5.86. The monoisotopic (exact) mass is 374 g/mol. The van der Waals surface area contributed by atoms with Gasteiger partial charge in [0, 0.05) is 34.9 Å². The lowest BCUT2D eigenvalue weighted by Gasteiger charge is -2.23. The maximum atomic E-state index is 12.1. The van der Waals surface area contributed by atoms with Crippen LogP contribution < -0.4 is 15.5 Å². The van der Waals surface area contributed by atoms with Crippen LogP contribution in [0.4, 0.5) is 0 Å². The molecule has 0 aliphatic rings. The smallest absolute Gasteiger partial charge is 0.244 e.